The van der Waals surface area contributed by atoms with E-state index in [0.29, 0.717) is 11.6 Å². The van der Waals surface area contributed by atoms with Gasteiger partial charge in [0, 0.05) is 25.3 Å². The first-order valence-corrected chi connectivity index (χ1v) is 10.6. The van der Waals surface area contributed by atoms with Gasteiger partial charge in [-0.05, 0) is 19.3 Å². The number of rotatable bonds is 8. The zero-order valence-corrected chi connectivity index (χ0v) is 17.8. The fourth-order valence-electron chi connectivity index (χ4n) is 3.24. The highest BCUT2D eigenvalue weighted by Crippen LogP contribution is 2.24. The van der Waals surface area contributed by atoms with Gasteiger partial charge in [0.2, 0.25) is 11.7 Å². The molecule has 1 heterocycles. The lowest BCUT2D eigenvalue weighted by Gasteiger charge is -2.24. The minimum absolute atomic E-state index is 0. The van der Waals surface area contributed by atoms with Crippen LogP contribution in [0.25, 0.3) is 0 Å². The largest absolute Gasteiger partial charge is 0.352 e. The van der Waals surface area contributed by atoms with Crippen LogP contribution in [0.4, 0.5) is 0 Å². The minimum Gasteiger partial charge on any atom is -0.352 e. The number of thioether (sulfide) groups is 1. The Bertz CT molecular complexity index is 553. The number of halogens is 1. The summed E-state index contributed by atoms with van der Waals surface area (Å²) in [7, 11) is 1.89. The van der Waals surface area contributed by atoms with Crippen molar-refractivity contribution in [2.75, 3.05) is 19.3 Å². The minimum atomic E-state index is -0.765. The Morgan fingerprint density at radius 2 is 1.96 bits per heavy atom. The quantitative estimate of drug-likeness (QED) is 0.466. The Morgan fingerprint density at radius 1 is 1.26 bits per heavy atom. The molecule has 2 N–H and O–H groups in total. The molecule has 154 valence electrons. The molecule has 9 heteroatoms. The van der Waals surface area contributed by atoms with Gasteiger partial charge < -0.3 is 10.2 Å². The van der Waals surface area contributed by atoms with Gasteiger partial charge in [0.05, 0.1) is 6.04 Å². The molecule has 0 aromatic rings. The Morgan fingerprint density at radius 3 is 2.56 bits per heavy atom. The topological polar surface area (TPSA) is 90.9 Å². The number of carbonyl (C=O) groups is 3. The van der Waals surface area contributed by atoms with E-state index in [2.05, 4.69) is 15.8 Å². The predicted molar refractivity (Wildman–Crippen MR) is 111 cm³/mol. The fraction of sp³-hybridized carbons (Fsp3) is 0.778. The van der Waals surface area contributed by atoms with Crippen molar-refractivity contribution in [3.05, 3.63) is 0 Å². The maximum atomic E-state index is 12.5. The number of amides is 2. The lowest BCUT2D eigenvalue weighted by molar-refractivity contribution is -0.140. The molecule has 0 aromatic carbocycles. The Hall–Kier alpha value is -1.28. The van der Waals surface area contributed by atoms with Gasteiger partial charge in [-0.2, -0.15) is 0 Å². The second-order valence-electron chi connectivity index (χ2n) is 7.01. The van der Waals surface area contributed by atoms with Crippen LogP contribution >= 0.6 is 24.2 Å². The highest BCUT2D eigenvalue weighted by Gasteiger charge is 2.30. The van der Waals surface area contributed by atoms with Crippen LogP contribution in [0.5, 0.6) is 0 Å². The summed E-state index contributed by atoms with van der Waals surface area (Å²) in [4.78, 5) is 39.2. The van der Waals surface area contributed by atoms with Crippen molar-refractivity contribution >= 4 is 46.9 Å². The third kappa shape index (κ3) is 7.33. The molecule has 0 unspecified atom stereocenters. The number of unbranched alkanes of at least 4 members (excludes halogenated alkanes) is 1. The molecule has 1 saturated heterocycles. The number of hydrogen-bond donors (Lipinski definition) is 2. The van der Waals surface area contributed by atoms with Crippen molar-refractivity contribution in [1.82, 2.24) is 15.6 Å². The van der Waals surface area contributed by atoms with Crippen LogP contribution in [0.1, 0.15) is 58.3 Å². The summed E-state index contributed by atoms with van der Waals surface area (Å²) in [6.07, 6.45) is 7.15. The maximum absolute atomic E-state index is 12.5. The zero-order chi connectivity index (χ0) is 18.9. The molecule has 1 atom stereocenters. The van der Waals surface area contributed by atoms with Crippen LogP contribution < -0.4 is 10.7 Å². The molecule has 2 amide bonds. The number of amidine groups is 1. The van der Waals surface area contributed by atoms with E-state index in [9.17, 15) is 14.4 Å². The number of hydrogen-bond acceptors (Lipinski definition) is 5. The Balaban J connectivity index is 0.00000364. The summed E-state index contributed by atoms with van der Waals surface area (Å²) in [6.45, 7) is 2.88. The summed E-state index contributed by atoms with van der Waals surface area (Å²) in [5.41, 5.74) is 2.35. The Kier molecular flexibility index (Phi) is 10.8. The normalized spacial score (nSPS) is 20.1. The van der Waals surface area contributed by atoms with E-state index in [4.69, 9.17) is 0 Å². The highest BCUT2D eigenvalue weighted by molar-refractivity contribution is 8.14. The van der Waals surface area contributed by atoms with Crippen molar-refractivity contribution in [3.63, 3.8) is 0 Å². The number of ketones is 1. The zero-order valence-electron chi connectivity index (χ0n) is 16.2. The van der Waals surface area contributed by atoms with E-state index in [0.717, 1.165) is 57.2 Å². The fourth-order valence-corrected chi connectivity index (χ4v) is 4.21. The van der Waals surface area contributed by atoms with Crippen LogP contribution in [-0.4, -0.2) is 53.1 Å². The van der Waals surface area contributed by atoms with Gasteiger partial charge in [0.25, 0.3) is 0 Å². The highest BCUT2D eigenvalue weighted by atomic mass is 35.5. The van der Waals surface area contributed by atoms with Crippen LogP contribution in [0.3, 0.4) is 0 Å². The van der Waals surface area contributed by atoms with Gasteiger partial charge in [-0.1, -0.05) is 50.8 Å². The van der Waals surface area contributed by atoms with Crippen LogP contribution in [-0.2, 0) is 14.4 Å². The van der Waals surface area contributed by atoms with Gasteiger partial charge in [0.15, 0.2) is 5.17 Å². The molecule has 2 rings (SSSR count). The number of carbonyl (C=O) groups excluding carboxylic acids is 3. The SMILES string of the molecule is CCCC[C@H](NC(=O)C1CCCCC1)C(=O)C(=O)N/N=C1\SCCN1C.Cl. The molecular formula is C18H31ClN4O3S. The molecule has 1 aliphatic heterocycles. The van der Waals surface area contributed by atoms with Crippen LogP contribution in [0, 0.1) is 5.92 Å². The van der Waals surface area contributed by atoms with Crippen molar-refractivity contribution in [1.29, 1.82) is 0 Å². The monoisotopic (exact) mass is 418 g/mol. The molecular weight excluding hydrogens is 388 g/mol. The first-order chi connectivity index (χ1) is 12.5. The molecule has 0 spiro atoms. The van der Waals surface area contributed by atoms with Gasteiger partial charge in [-0.25, -0.2) is 5.43 Å². The van der Waals surface area contributed by atoms with Gasteiger partial charge in [-0.3, -0.25) is 14.4 Å². The van der Waals surface area contributed by atoms with E-state index in [1.165, 1.54) is 11.8 Å². The molecule has 0 bridgehead atoms. The van der Waals surface area contributed by atoms with E-state index in [1.807, 2.05) is 18.9 Å². The Labute approximate surface area is 171 Å². The van der Waals surface area contributed by atoms with Crippen molar-refractivity contribution in [2.45, 2.75) is 64.3 Å². The summed E-state index contributed by atoms with van der Waals surface area (Å²) < 4.78 is 0. The summed E-state index contributed by atoms with van der Waals surface area (Å²) >= 11 is 1.54. The van der Waals surface area contributed by atoms with Crippen LogP contribution in [0.2, 0.25) is 0 Å². The number of Topliss-reactive ketones (excluding diaryl/α,β-unsaturated/α-hetero) is 1. The second-order valence-corrected chi connectivity index (χ2v) is 8.07. The van der Waals surface area contributed by atoms with Crippen molar-refractivity contribution in [3.8, 4) is 0 Å². The lowest BCUT2D eigenvalue weighted by Crippen LogP contribution is -2.48. The first-order valence-electron chi connectivity index (χ1n) is 9.59. The number of nitrogens with zero attached hydrogens (tertiary/aromatic N) is 2. The summed E-state index contributed by atoms with van der Waals surface area (Å²) in [6, 6.07) is -0.765. The standard InChI is InChI=1S/C18H30N4O3S.ClH/c1-3-4-10-14(19-16(24)13-8-6-5-7-9-13)15(23)17(25)20-21-18-22(2)11-12-26-18;/h13-14H,3-12H2,1-2H3,(H,19,24)(H,20,25);1H/b21-18-;/t14-;/m0./s1. The molecule has 27 heavy (non-hydrogen) atoms. The molecule has 7 nitrogen and oxygen atoms in total. The van der Waals surface area contributed by atoms with Crippen LogP contribution in [0.15, 0.2) is 5.10 Å². The second kappa shape index (κ2) is 12.2. The van der Waals surface area contributed by atoms with E-state index < -0.39 is 17.7 Å². The molecule has 2 fully saturated rings. The third-order valence-electron chi connectivity index (χ3n) is 4.92. The van der Waals surface area contributed by atoms with Gasteiger partial charge in [-0.15, -0.1) is 17.5 Å². The number of nitrogens with one attached hydrogen (secondary N) is 2. The summed E-state index contributed by atoms with van der Waals surface area (Å²) in [5.74, 6) is -0.590. The molecule has 2 aliphatic rings. The molecule has 1 aliphatic carbocycles. The predicted octanol–water partition coefficient (Wildman–Crippen LogP) is 2.30. The smallest absolute Gasteiger partial charge is 0.309 e. The van der Waals surface area contributed by atoms with E-state index in [1.54, 1.807) is 0 Å². The van der Waals surface area contributed by atoms with Crippen molar-refractivity contribution < 1.29 is 14.4 Å². The lowest BCUT2D eigenvalue weighted by atomic mass is 9.88. The average molecular weight is 419 g/mol. The van der Waals surface area contributed by atoms with E-state index >= 15 is 0 Å². The third-order valence-corrected chi connectivity index (χ3v) is 5.96. The first kappa shape index (κ1) is 23.8. The van der Waals surface area contributed by atoms with Crippen molar-refractivity contribution in [2.24, 2.45) is 11.0 Å². The van der Waals surface area contributed by atoms with Gasteiger partial charge >= 0.3 is 5.91 Å². The van der Waals surface area contributed by atoms with E-state index in [-0.39, 0.29) is 24.2 Å². The average Bonchev–Trinajstić information content (AvgIpc) is 3.08. The summed E-state index contributed by atoms with van der Waals surface area (Å²) in [5, 5.41) is 7.55. The maximum Gasteiger partial charge on any atom is 0.309 e. The molecule has 1 saturated carbocycles. The molecule has 0 aromatic heterocycles. The van der Waals surface area contributed by atoms with Gasteiger partial charge in [0.1, 0.15) is 0 Å². The molecule has 0 radical (unpaired) electrons. The number of hydrazone groups is 1.